The van der Waals surface area contributed by atoms with Gasteiger partial charge in [0.1, 0.15) is 0 Å². The van der Waals surface area contributed by atoms with E-state index in [9.17, 15) is 17.1 Å². The molecule has 6 heteroatoms. The highest BCUT2D eigenvalue weighted by atomic mass is 32.3. The van der Waals surface area contributed by atoms with Gasteiger partial charge >= 0.3 is 10.2 Å². The van der Waals surface area contributed by atoms with Crippen molar-refractivity contribution in [1.29, 1.82) is 0 Å². The van der Waals surface area contributed by atoms with Crippen LogP contribution in [0.3, 0.4) is 0 Å². The molecule has 4 nitrogen and oxygen atoms in total. The van der Waals surface area contributed by atoms with Crippen LogP contribution in [-0.2, 0) is 15.0 Å². The summed E-state index contributed by atoms with van der Waals surface area (Å²) in [7, 11) is -4.65. The maximum Gasteiger partial charge on any atom is 0.332 e. The third-order valence-corrected chi connectivity index (χ3v) is 2.63. The van der Waals surface area contributed by atoms with Crippen LogP contribution in [0.25, 0.3) is 6.08 Å². The maximum absolute atomic E-state index is 12.5. The van der Waals surface area contributed by atoms with E-state index in [1.54, 1.807) is 12.2 Å². The summed E-state index contributed by atoms with van der Waals surface area (Å²) >= 11 is 0. The molecule has 1 rings (SSSR count). The second-order valence-corrected chi connectivity index (χ2v) is 4.43. The molecule has 0 radical (unpaired) electrons. The zero-order valence-electron chi connectivity index (χ0n) is 8.26. The Bertz CT molecular complexity index is 505. The van der Waals surface area contributed by atoms with Gasteiger partial charge < -0.3 is 5.73 Å². The lowest BCUT2D eigenvalue weighted by Crippen LogP contribution is -2.07. The summed E-state index contributed by atoms with van der Waals surface area (Å²) in [6.45, 7) is 0. The Kier molecular flexibility index (Phi) is 3.78. The first kappa shape index (κ1) is 12.4. The fraction of sp³-hybridized carbons (Fsp3) is 0.100. The number of primary amides is 1. The van der Waals surface area contributed by atoms with Crippen molar-refractivity contribution < 1.29 is 17.1 Å². The van der Waals surface area contributed by atoms with E-state index in [0.717, 1.165) is 12.1 Å². The lowest BCUT2D eigenvalue weighted by Gasteiger charge is -1.96. The van der Waals surface area contributed by atoms with Crippen LogP contribution in [0.4, 0.5) is 3.89 Å². The average molecular weight is 243 g/mol. The molecule has 0 unspecified atom stereocenters. The Balaban J connectivity index is 2.80. The fourth-order valence-electron chi connectivity index (χ4n) is 1.05. The van der Waals surface area contributed by atoms with E-state index < -0.39 is 16.1 Å². The normalized spacial score (nSPS) is 11.8. The lowest BCUT2D eigenvalue weighted by atomic mass is 10.2. The van der Waals surface area contributed by atoms with Gasteiger partial charge in [0.05, 0.1) is 4.90 Å². The minimum absolute atomic E-state index is 0.100. The quantitative estimate of drug-likeness (QED) is 0.808. The Hall–Kier alpha value is -1.69. The molecule has 16 heavy (non-hydrogen) atoms. The molecule has 1 aromatic carbocycles. The van der Waals surface area contributed by atoms with E-state index in [1.807, 2.05) is 0 Å². The summed E-state index contributed by atoms with van der Waals surface area (Å²) in [6, 6.07) is 5.17. The van der Waals surface area contributed by atoms with Crippen LogP contribution in [-0.4, -0.2) is 14.3 Å². The molecule has 0 aliphatic carbocycles. The summed E-state index contributed by atoms with van der Waals surface area (Å²) < 4.78 is 33.5. The second-order valence-electron chi connectivity index (χ2n) is 3.08. The van der Waals surface area contributed by atoms with Crippen LogP contribution in [0.1, 0.15) is 12.0 Å². The Morgan fingerprint density at radius 1 is 1.31 bits per heavy atom. The highest BCUT2D eigenvalue weighted by Gasteiger charge is 2.09. The number of rotatable bonds is 4. The van der Waals surface area contributed by atoms with Crippen LogP contribution in [0, 0.1) is 0 Å². The average Bonchev–Trinajstić information content (AvgIpc) is 2.16. The molecular weight excluding hydrogens is 233 g/mol. The van der Waals surface area contributed by atoms with Crippen molar-refractivity contribution in [2.75, 3.05) is 0 Å². The molecule has 0 spiro atoms. The van der Waals surface area contributed by atoms with Crippen LogP contribution >= 0.6 is 0 Å². The highest BCUT2D eigenvalue weighted by Crippen LogP contribution is 2.13. The number of carbonyl (C=O) groups is 1. The Morgan fingerprint density at radius 2 is 1.88 bits per heavy atom. The minimum atomic E-state index is -4.65. The molecule has 0 heterocycles. The largest absolute Gasteiger partial charge is 0.369 e. The first-order valence-electron chi connectivity index (χ1n) is 4.39. The van der Waals surface area contributed by atoms with Crippen LogP contribution in [0.15, 0.2) is 35.2 Å². The number of nitrogens with two attached hydrogens (primary N) is 1. The zero-order valence-corrected chi connectivity index (χ0v) is 9.08. The summed E-state index contributed by atoms with van der Waals surface area (Å²) in [5, 5.41) is 0. The minimum Gasteiger partial charge on any atom is -0.369 e. The number of hydrogen-bond acceptors (Lipinski definition) is 3. The van der Waals surface area contributed by atoms with Crippen molar-refractivity contribution in [3.8, 4) is 0 Å². The predicted octanol–water partition coefficient (Wildman–Crippen LogP) is 1.23. The van der Waals surface area contributed by atoms with Crippen molar-refractivity contribution in [2.24, 2.45) is 5.73 Å². The number of halogens is 1. The lowest BCUT2D eigenvalue weighted by molar-refractivity contribution is -0.117. The zero-order chi connectivity index (χ0) is 12.2. The standard InChI is InChI=1S/C10H10FNO3S/c11-16(14,15)9-6-4-8(5-7-9)2-1-3-10(12)13/h1-2,4-7H,3H2,(H2,12,13). The van der Waals surface area contributed by atoms with Crippen molar-refractivity contribution in [3.63, 3.8) is 0 Å². The molecule has 86 valence electrons. The summed E-state index contributed by atoms with van der Waals surface area (Å²) in [4.78, 5) is 10.0. The molecule has 0 atom stereocenters. The first-order chi connectivity index (χ1) is 7.39. The SMILES string of the molecule is NC(=O)CC=Cc1ccc(S(=O)(=O)F)cc1. The number of benzene rings is 1. The van der Waals surface area contributed by atoms with Gasteiger partial charge in [-0.1, -0.05) is 24.3 Å². The van der Waals surface area contributed by atoms with Crippen molar-refractivity contribution >= 4 is 22.2 Å². The monoisotopic (exact) mass is 243 g/mol. The molecule has 0 saturated carbocycles. The van der Waals surface area contributed by atoms with E-state index >= 15 is 0 Å². The van der Waals surface area contributed by atoms with Gasteiger partial charge in [0.2, 0.25) is 5.91 Å². The second kappa shape index (κ2) is 4.89. The van der Waals surface area contributed by atoms with Gasteiger partial charge in [0, 0.05) is 6.42 Å². The molecule has 0 fully saturated rings. The molecule has 0 aliphatic rings. The highest BCUT2D eigenvalue weighted by molar-refractivity contribution is 7.86. The molecule has 1 amide bonds. The van der Waals surface area contributed by atoms with E-state index in [0.29, 0.717) is 5.56 Å². The number of amides is 1. The smallest absolute Gasteiger partial charge is 0.332 e. The summed E-state index contributed by atoms with van der Waals surface area (Å²) in [5.74, 6) is -0.459. The predicted molar refractivity (Wildman–Crippen MR) is 57.6 cm³/mol. The van der Waals surface area contributed by atoms with E-state index in [2.05, 4.69) is 0 Å². The molecule has 0 saturated heterocycles. The molecule has 0 aromatic heterocycles. The van der Waals surface area contributed by atoms with Crippen molar-refractivity contribution in [1.82, 2.24) is 0 Å². The third-order valence-electron chi connectivity index (χ3n) is 1.79. The molecule has 0 aliphatic heterocycles. The van der Waals surface area contributed by atoms with E-state index in [-0.39, 0.29) is 11.3 Å². The first-order valence-corrected chi connectivity index (χ1v) is 5.77. The van der Waals surface area contributed by atoms with Crippen molar-refractivity contribution in [3.05, 3.63) is 35.9 Å². The van der Waals surface area contributed by atoms with Gasteiger partial charge in [-0.25, -0.2) is 0 Å². The molecular formula is C10H10FNO3S. The van der Waals surface area contributed by atoms with Gasteiger partial charge in [-0.15, -0.1) is 3.89 Å². The van der Waals surface area contributed by atoms with Crippen LogP contribution < -0.4 is 5.73 Å². The number of hydrogen-bond donors (Lipinski definition) is 1. The molecule has 1 aromatic rings. The number of carbonyl (C=O) groups excluding carboxylic acids is 1. The fourth-order valence-corrected chi connectivity index (χ4v) is 1.51. The molecule has 0 bridgehead atoms. The van der Waals surface area contributed by atoms with Gasteiger partial charge in [-0.2, -0.15) is 8.42 Å². The van der Waals surface area contributed by atoms with Crippen LogP contribution in [0.2, 0.25) is 0 Å². The summed E-state index contributed by atoms with van der Waals surface area (Å²) in [6.07, 6.45) is 3.24. The maximum atomic E-state index is 12.5. The van der Waals surface area contributed by atoms with Crippen LogP contribution in [0.5, 0.6) is 0 Å². The van der Waals surface area contributed by atoms with Gasteiger partial charge in [-0.05, 0) is 17.7 Å². The van der Waals surface area contributed by atoms with Gasteiger partial charge in [-0.3, -0.25) is 4.79 Å². The topological polar surface area (TPSA) is 77.2 Å². The molecule has 2 N–H and O–H groups in total. The summed E-state index contributed by atoms with van der Waals surface area (Å²) in [5.41, 5.74) is 5.58. The Labute approximate surface area is 92.8 Å². The van der Waals surface area contributed by atoms with Crippen molar-refractivity contribution in [2.45, 2.75) is 11.3 Å². The Morgan fingerprint density at radius 3 is 2.31 bits per heavy atom. The van der Waals surface area contributed by atoms with E-state index in [4.69, 9.17) is 5.73 Å². The van der Waals surface area contributed by atoms with E-state index in [1.165, 1.54) is 12.1 Å². The van der Waals surface area contributed by atoms with Gasteiger partial charge in [0.15, 0.2) is 0 Å². The van der Waals surface area contributed by atoms with Gasteiger partial charge in [0.25, 0.3) is 0 Å². The third kappa shape index (κ3) is 3.82.